The molecular weight excluding hydrogens is 220 g/mol. The Kier molecular flexibility index (Phi) is 4.94. The maximum atomic E-state index is 5.96. The fourth-order valence-corrected chi connectivity index (χ4v) is 2.30. The minimum absolute atomic E-state index is 0.132. The lowest BCUT2D eigenvalue weighted by atomic mass is 9.92. The van der Waals surface area contributed by atoms with Crippen LogP contribution in [-0.4, -0.2) is 18.6 Å². The Labute approximate surface area is 112 Å². The van der Waals surface area contributed by atoms with E-state index in [9.17, 15) is 0 Å². The first kappa shape index (κ1) is 15.2. The van der Waals surface area contributed by atoms with Gasteiger partial charge in [-0.05, 0) is 82.3 Å². The molecule has 0 saturated heterocycles. The summed E-state index contributed by atoms with van der Waals surface area (Å²) in [6.07, 6.45) is 1.08. The van der Waals surface area contributed by atoms with Crippen molar-refractivity contribution in [1.82, 2.24) is 5.32 Å². The topological polar surface area (TPSA) is 38.0 Å². The van der Waals surface area contributed by atoms with Gasteiger partial charge in [0.25, 0.3) is 0 Å². The molecule has 0 atom stereocenters. The molecule has 102 valence electrons. The van der Waals surface area contributed by atoms with Crippen LogP contribution in [0.25, 0.3) is 0 Å². The fourth-order valence-electron chi connectivity index (χ4n) is 2.30. The molecule has 0 amide bonds. The molecule has 2 nitrogen and oxygen atoms in total. The van der Waals surface area contributed by atoms with Crippen LogP contribution in [0.2, 0.25) is 0 Å². The number of hydrogen-bond acceptors (Lipinski definition) is 2. The summed E-state index contributed by atoms with van der Waals surface area (Å²) in [4.78, 5) is 0. The normalized spacial score (nSPS) is 11.9. The maximum absolute atomic E-state index is 5.96. The van der Waals surface area contributed by atoms with Crippen molar-refractivity contribution in [3.8, 4) is 0 Å². The third kappa shape index (κ3) is 4.11. The van der Waals surface area contributed by atoms with Crippen molar-refractivity contribution >= 4 is 0 Å². The van der Waals surface area contributed by atoms with Gasteiger partial charge in [-0.3, -0.25) is 0 Å². The largest absolute Gasteiger partial charge is 0.324 e. The zero-order valence-electron chi connectivity index (χ0n) is 12.8. The first-order valence-electron chi connectivity index (χ1n) is 6.78. The molecule has 0 aromatic heterocycles. The summed E-state index contributed by atoms with van der Waals surface area (Å²) in [6.45, 7) is 14.8. The van der Waals surface area contributed by atoms with Gasteiger partial charge in [-0.2, -0.15) is 0 Å². The molecule has 18 heavy (non-hydrogen) atoms. The van der Waals surface area contributed by atoms with Gasteiger partial charge in [0, 0.05) is 12.1 Å². The third-order valence-corrected chi connectivity index (χ3v) is 3.65. The van der Waals surface area contributed by atoms with E-state index in [2.05, 4.69) is 39.1 Å². The van der Waals surface area contributed by atoms with E-state index in [1.54, 1.807) is 0 Å². The molecule has 0 heterocycles. The highest BCUT2D eigenvalue weighted by Crippen LogP contribution is 2.21. The summed E-state index contributed by atoms with van der Waals surface area (Å²) in [6, 6.07) is 2.28. The number of aryl methyl sites for hydroxylation is 2. The van der Waals surface area contributed by atoms with E-state index < -0.39 is 0 Å². The van der Waals surface area contributed by atoms with E-state index in [-0.39, 0.29) is 5.54 Å². The molecule has 0 aliphatic rings. The van der Waals surface area contributed by atoms with Crippen LogP contribution in [0.4, 0.5) is 0 Å². The standard InChI is InChI=1S/C16H28N2/c1-11-9-12(2)14(4)15(13(11)3)7-8-18-10-16(5,6)17/h9,18H,7-8,10,17H2,1-6H3. The second-order valence-corrected chi connectivity index (χ2v) is 6.15. The molecule has 0 aliphatic heterocycles. The summed E-state index contributed by atoms with van der Waals surface area (Å²) in [5.41, 5.74) is 13.0. The number of hydrogen-bond donors (Lipinski definition) is 2. The predicted molar refractivity (Wildman–Crippen MR) is 80.2 cm³/mol. The first-order valence-corrected chi connectivity index (χ1v) is 6.78. The summed E-state index contributed by atoms with van der Waals surface area (Å²) >= 11 is 0. The predicted octanol–water partition coefficient (Wildman–Crippen LogP) is 2.79. The summed E-state index contributed by atoms with van der Waals surface area (Å²) in [7, 11) is 0. The lowest BCUT2D eigenvalue weighted by molar-refractivity contribution is 0.469. The van der Waals surface area contributed by atoms with Crippen molar-refractivity contribution in [2.24, 2.45) is 5.73 Å². The Balaban J connectivity index is 2.68. The van der Waals surface area contributed by atoms with Crippen molar-refractivity contribution in [3.05, 3.63) is 33.9 Å². The van der Waals surface area contributed by atoms with Gasteiger partial charge in [0.1, 0.15) is 0 Å². The van der Waals surface area contributed by atoms with Crippen LogP contribution in [0.5, 0.6) is 0 Å². The van der Waals surface area contributed by atoms with Crippen molar-refractivity contribution in [3.63, 3.8) is 0 Å². The van der Waals surface area contributed by atoms with Crippen LogP contribution in [0.15, 0.2) is 6.07 Å². The van der Waals surface area contributed by atoms with Crippen LogP contribution in [0.1, 0.15) is 41.7 Å². The quantitative estimate of drug-likeness (QED) is 0.786. The fraction of sp³-hybridized carbons (Fsp3) is 0.625. The molecule has 3 N–H and O–H groups in total. The Morgan fingerprint density at radius 3 is 2.00 bits per heavy atom. The van der Waals surface area contributed by atoms with Crippen LogP contribution >= 0.6 is 0 Å². The zero-order chi connectivity index (χ0) is 13.9. The van der Waals surface area contributed by atoms with Gasteiger partial charge in [-0.15, -0.1) is 0 Å². The van der Waals surface area contributed by atoms with E-state index in [1.165, 1.54) is 27.8 Å². The number of benzene rings is 1. The molecular formula is C16H28N2. The maximum Gasteiger partial charge on any atom is 0.0223 e. The van der Waals surface area contributed by atoms with Crippen LogP contribution in [-0.2, 0) is 6.42 Å². The van der Waals surface area contributed by atoms with Gasteiger partial charge >= 0.3 is 0 Å². The van der Waals surface area contributed by atoms with Gasteiger partial charge in [0.15, 0.2) is 0 Å². The highest BCUT2D eigenvalue weighted by atomic mass is 14.9. The van der Waals surface area contributed by atoms with E-state index in [0.29, 0.717) is 0 Å². The highest BCUT2D eigenvalue weighted by molar-refractivity contribution is 5.44. The first-order chi connectivity index (χ1) is 8.22. The molecule has 1 aromatic rings. The smallest absolute Gasteiger partial charge is 0.0223 e. The molecule has 0 saturated carbocycles. The van der Waals surface area contributed by atoms with Crippen molar-refractivity contribution < 1.29 is 0 Å². The Hall–Kier alpha value is -0.860. The van der Waals surface area contributed by atoms with Crippen molar-refractivity contribution in [1.29, 1.82) is 0 Å². The second-order valence-electron chi connectivity index (χ2n) is 6.15. The van der Waals surface area contributed by atoms with Crippen molar-refractivity contribution in [2.45, 2.75) is 53.5 Å². The van der Waals surface area contributed by atoms with Gasteiger partial charge in [0.2, 0.25) is 0 Å². The molecule has 0 fully saturated rings. The second kappa shape index (κ2) is 5.85. The van der Waals surface area contributed by atoms with E-state index in [1.807, 2.05) is 13.8 Å². The van der Waals surface area contributed by atoms with Gasteiger partial charge in [0.05, 0.1) is 0 Å². The molecule has 0 bridgehead atoms. The monoisotopic (exact) mass is 248 g/mol. The summed E-state index contributed by atoms with van der Waals surface area (Å²) in [5.74, 6) is 0. The molecule has 0 aliphatic carbocycles. The molecule has 0 spiro atoms. The highest BCUT2D eigenvalue weighted by Gasteiger charge is 2.11. The zero-order valence-corrected chi connectivity index (χ0v) is 12.8. The van der Waals surface area contributed by atoms with E-state index in [0.717, 1.165) is 19.5 Å². The lowest BCUT2D eigenvalue weighted by Gasteiger charge is -2.20. The molecule has 1 rings (SSSR count). The minimum Gasteiger partial charge on any atom is -0.324 e. The van der Waals surface area contributed by atoms with Crippen molar-refractivity contribution in [2.75, 3.05) is 13.1 Å². The number of nitrogens with two attached hydrogens (primary N) is 1. The van der Waals surface area contributed by atoms with E-state index in [4.69, 9.17) is 5.73 Å². The Bertz CT molecular complexity index is 388. The molecule has 0 unspecified atom stereocenters. The summed E-state index contributed by atoms with van der Waals surface area (Å²) < 4.78 is 0. The summed E-state index contributed by atoms with van der Waals surface area (Å²) in [5, 5.41) is 3.44. The van der Waals surface area contributed by atoms with Gasteiger partial charge in [-0.25, -0.2) is 0 Å². The van der Waals surface area contributed by atoms with Crippen LogP contribution in [0, 0.1) is 27.7 Å². The van der Waals surface area contributed by atoms with Gasteiger partial charge < -0.3 is 11.1 Å². The molecule has 1 aromatic carbocycles. The number of rotatable bonds is 5. The Morgan fingerprint density at radius 2 is 1.56 bits per heavy atom. The molecule has 2 heteroatoms. The lowest BCUT2D eigenvalue weighted by Crippen LogP contribution is -2.43. The number of nitrogens with one attached hydrogen (secondary N) is 1. The average Bonchev–Trinajstić information content (AvgIpc) is 2.24. The van der Waals surface area contributed by atoms with Crippen LogP contribution in [0.3, 0.4) is 0 Å². The van der Waals surface area contributed by atoms with Gasteiger partial charge in [-0.1, -0.05) is 6.07 Å². The van der Waals surface area contributed by atoms with Crippen LogP contribution < -0.4 is 11.1 Å². The SMILES string of the molecule is Cc1cc(C)c(C)c(CCNCC(C)(C)N)c1C. The molecule has 0 radical (unpaired) electrons. The minimum atomic E-state index is -0.132. The van der Waals surface area contributed by atoms with E-state index >= 15 is 0 Å². The average molecular weight is 248 g/mol. The Morgan fingerprint density at radius 1 is 1.06 bits per heavy atom. The third-order valence-electron chi connectivity index (χ3n) is 3.65.